The van der Waals surface area contributed by atoms with Crippen LogP contribution in [0.25, 0.3) is 22.3 Å². The Bertz CT molecular complexity index is 2590. The largest absolute Gasteiger partial charge is 0.204 e. The van der Waals surface area contributed by atoms with Gasteiger partial charge in [-0.3, -0.25) is 0 Å². The molecule has 304 valence electrons. The van der Waals surface area contributed by atoms with Crippen LogP contribution in [0.4, 0.5) is 43.9 Å². The van der Waals surface area contributed by atoms with E-state index in [1.807, 2.05) is 38.1 Å². The van der Waals surface area contributed by atoms with Crippen LogP contribution in [-0.4, -0.2) is 24.2 Å². The molecule has 2 aliphatic rings. The maximum absolute atomic E-state index is 15.2. The molecule has 0 atom stereocenters. The lowest BCUT2D eigenvalue weighted by Crippen LogP contribution is -2.56. The smallest absolute Gasteiger partial charge is 0.200 e. The molecule has 0 fully saturated rings. The Morgan fingerprint density at radius 3 is 0.983 bits per heavy atom. The monoisotopic (exact) mass is 864 g/mol. The van der Waals surface area contributed by atoms with E-state index < -0.39 is 92.8 Å². The third-order valence-electron chi connectivity index (χ3n) is 12.8. The Labute approximate surface area is 338 Å². The molecule has 13 heteroatoms. The molecule has 0 nitrogen and oxygen atoms in total. The first-order valence-electron chi connectivity index (χ1n) is 19.1. The zero-order valence-corrected chi connectivity index (χ0v) is 36.5. The summed E-state index contributed by atoms with van der Waals surface area (Å²) >= 11 is 0. The predicted octanol–water partition coefficient (Wildman–Crippen LogP) is 9.30. The Hall–Kier alpha value is -4.73. The van der Waals surface area contributed by atoms with Gasteiger partial charge in [0.05, 0.1) is 0 Å². The Morgan fingerprint density at radius 2 is 0.661 bits per heavy atom. The molecule has 0 heterocycles. The number of hydrogen-bond acceptors (Lipinski definition) is 0. The van der Waals surface area contributed by atoms with Gasteiger partial charge in [-0.2, -0.15) is 0 Å². The molecular weight excluding hydrogens is 827 g/mol. The average molecular weight is 865 g/mol. The Kier molecular flexibility index (Phi) is 9.49. The maximum Gasteiger partial charge on any atom is 0.200 e. The highest BCUT2D eigenvalue weighted by Gasteiger charge is 2.42. The minimum Gasteiger partial charge on any atom is -0.204 e. The lowest BCUT2D eigenvalue weighted by Gasteiger charge is -2.30. The summed E-state index contributed by atoms with van der Waals surface area (Å²) in [6.07, 6.45) is 1.16. The van der Waals surface area contributed by atoms with Gasteiger partial charge in [-0.1, -0.05) is 132 Å². The van der Waals surface area contributed by atoms with Crippen molar-refractivity contribution in [2.45, 2.75) is 66.0 Å². The van der Waals surface area contributed by atoms with Crippen LogP contribution >= 0.6 is 0 Å². The summed E-state index contributed by atoms with van der Waals surface area (Å²) in [5.41, 5.74) is 9.79. The molecule has 8 rings (SSSR count). The van der Waals surface area contributed by atoms with Crippen molar-refractivity contribution < 1.29 is 43.9 Å². The van der Waals surface area contributed by atoms with E-state index in [4.69, 9.17) is 0 Å². The maximum atomic E-state index is 15.2. The van der Waals surface area contributed by atoms with E-state index >= 15 is 17.6 Å². The van der Waals surface area contributed by atoms with E-state index in [9.17, 15) is 26.3 Å². The molecule has 0 aromatic heterocycles. The van der Waals surface area contributed by atoms with Gasteiger partial charge in [0, 0.05) is 10.4 Å². The van der Waals surface area contributed by atoms with Crippen molar-refractivity contribution in [3.8, 4) is 22.3 Å². The van der Waals surface area contributed by atoms with Crippen molar-refractivity contribution in [1.82, 2.24) is 0 Å². The van der Waals surface area contributed by atoms with E-state index in [-0.39, 0.29) is 0 Å². The van der Waals surface area contributed by atoms with Gasteiger partial charge in [-0.25, -0.2) is 43.9 Å². The van der Waals surface area contributed by atoms with Crippen LogP contribution in [0.1, 0.15) is 33.4 Å². The Balaban J connectivity index is 1.22. The minimum absolute atomic E-state index is 0.520. The van der Waals surface area contributed by atoms with Crippen LogP contribution in [0, 0.1) is 72.0 Å². The van der Waals surface area contributed by atoms with Gasteiger partial charge < -0.3 is 0 Å². The van der Waals surface area contributed by atoms with E-state index in [0.717, 1.165) is 55.6 Å². The van der Waals surface area contributed by atoms with Crippen LogP contribution in [0.2, 0.25) is 39.3 Å². The van der Waals surface area contributed by atoms with Crippen molar-refractivity contribution in [3.05, 3.63) is 152 Å². The predicted molar refractivity (Wildman–Crippen MR) is 222 cm³/mol. The number of aryl methyl sites for hydroxylation is 2. The first kappa shape index (κ1) is 41.0. The van der Waals surface area contributed by atoms with Gasteiger partial charge in [0.15, 0.2) is 46.5 Å². The zero-order chi connectivity index (χ0) is 43.0. The number of rotatable bonds is 6. The summed E-state index contributed by atoms with van der Waals surface area (Å²) in [6, 6.07) is 19.5. The zero-order valence-electron chi connectivity index (χ0n) is 33.5. The molecule has 0 saturated heterocycles. The van der Waals surface area contributed by atoms with Crippen molar-refractivity contribution in [1.29, 1.82) is 0 Å². The fourth-order valence-corrected chi connectivity index (χ4v) is 18.1. The van der Waals surface area contributed by atoms with Gasteiger partial charge in [-0.05, 0) is 71.2 Å². The lowest BCUT2D eigenvalue weighted by atomic mass is 10.0. The van der Waals surface area contributed by atoms with Gasteiger partial charge in [0.25, 0.3) is 0 Å². The van der Waals surface area contributed by atoms with Crippen LogP contribution in [-0.2, 0) is 12.8 Å². The van der Waals surface area contributed by atoms with Crippen molar-refractivity contribution in [2.24, 2.45) is 0 Å². The molecule has 0 N–H and O–H groups in total. The van der Waals surface area contributed by atoms with Gasteiger partial charge in [0.1, 0.15) is 24.2 Å². The first-order valence-corrected chi connectivity index (χ1v) is 28.1. The van der Waals surface area contributed by atoms with E-state index in [1.165, 1.54) is 10.4 Å². The highest BCUT2D eigenvalue weighted by molar-refractivity contribution is 7.02. The lowest BCUT2D eigenvalue weighted by molar-refractivity contribution is 0.383. The van der Waals surface area contributed by atoms with Crippen LogP contribution in [0.15, 0.2) is 60.7 Å². The molecule has 59 heavy (non-hydrogen) atoms. The molecule has 6 aromatic carbocycles. The van der Waals surface area contributed by atoms with Crippen LogP contribution in [0.5, 0.6) is 0 Å². The molecule has 0 spiro atoms. The number of halogens is 10. The number of fused-ring (bicyclic) bond motifs is 6. The van der Waals surface area contributed by atoms with Gasteiger partial charge in [-0.15, -0.1) is 0 Å². The molecule has 0 unspecified atom stereocenters. The SMILES string of the molecule is Cc1cc2c(c([Si](C)(C)c3cc(C)cc4c3Cc3ccc([Si](C)(C)c5c(F)c(F)c(F)c(F)c5F)cc3-4)c1)Cc1ccc([Si](C)(C)c3c(F)c(F)c(F)c(F)c3F)cc1-2. The fraction of sp³-hybridized carbons (Fsp3) is 0.217. The number of benzene rings is 6. The minimum atomic E-state index is -3.48. The highest BCUT2D eigenvalue weighted by Crippen LogP contribution is 2.40. The number of hydrogen-bond donors (Lipinski definition) is 0. The molecule has 0 bridgehead atoms. The van der Waals surface area contributed by atoms with Gasteiger partial charge in [0.2, 0.25) is 11.6 Å². The van der Waals surface area contributed by atoms with E-state index in [1.54, 1.807) is 38.3 Å². The second-order valence-electron chi connectivity index (χ2n) is 17.5. The van der Waals surface area contributed by atoms with Crippen LogP contribution in [0.3, 0.4) is 0 Å². The first-order chi connectivity index (χ1) is 27.5. The summed E-state index contributed by atoms with van der Waals surface area (Å²) in [6.45, 7) is 14.8. The molecule has 6 aromatic rings. The second-order valence-corrected chi connectivity index (χ2v) is 30.5. The summed E-state index contributed by atoms with van der Waals surface area (Å²) in [7, 11) is -9.56. The molecular formula is C46H38F10Si3. The highest BCUT2D eigenvalue weighted by atomic mass is 28.3. The summed E-state index contributed by atoms with van der Waals surface area (Å²) in [4.78, 5) is 0. The summed E-state index contributed by atoms with van der Waals surface area (Å²) in [5, 5.41) is 1.88. The normalized spacial score (nSPS) is 13.5. The van der Waals surface area contributed by atoms with E-state index in [2.05, 4.69) is 37.4 Å². The topological polar surface area (TPSA) is 0 Å². The van der Waals surface area contributed by atoms with Gasteiger partial charge >= 0.3 is 0 Å². The average Bonchev–Trinajstić information content (AvgIpc) is 3.74. The standard InChI is InChI=1S/C46H38F10Si3/c1-21-13-29-27-19-25(57(3,4)45-41(53)37(49)35(47)38(50)42(45)54)11-9-23(27)17-31(29)33(15-21)59(7,8)34-16-22(2)14-30-28-20-26(12-10-24(28)18-32(30)34)58(5,6)46-43(55)39(51)36(48)40(52)44(46)56/h9-16,19-20H,17-18H2,1-8H3. The molecule has 0 aliphatic heterocycles. The molecule has 0 saturated carbocycles. The van der Waals surface area contributed by atoms with Crippen LogP contribution < -0.4 is 31.1 Å². The molecule has 0 radical (unpaired) electrons. The van der Waals surface area contributed by atoms with Crippen molar-refractivity contribution >= 4 is 55.3 Å². The third kappa shape index (κ3) is 5.96. The summed E-state index contributed by atoms with van der Waals surface area (Å²) < 4.78 is 146. The van der Waals surface area contributed by atoms with Crippen molar-refractivity contribution in [2.75, 3.05) is 0 Å². The molecule has 2 aliphatic carbocycles. The summed E-state index contributed by atoms with van der Waals surface area (Å²) in [5.74, 6) is -19.4. The van der Waals surface area contributed by atoms with Crippen molar-refractivity contribution in [3.63, 3.8) is 0 Å². The third-order valence-corrected chi connectivity index (χ3v) is 23.3. The molecule has 0 amide bonds. The quantitative estimate of drug-likeness (QED) is 0.0678. The Morgan fingerprint density at radius 1 is 0.356 bits per heavy atom. The van der Waals surface area contributed by atoms with E-state index in [0.29, 0.717) is 23.2 Å². The fourth-order valence-electron chi connectivity index (χ4n) is 9.47. The second kappa shape index (κ2) is 13.6.